The summed E-state index contributed by atoms with van der Waals surface area (Å²) in [5.74, 6) is 0.987. The molecule has 2 heterocycles. The van der Waals surface area contributed by atoms with Gasteiger partial charge in [0.15, 0.2) is 11.6 Å². The molecule has 46 heavy (non-hydrogen) atoms. The first-order valence-electron chi connectivity index (χ1n) is 15.3. The molecule has 3 N–H and O–H groups in total. The van der Waals surface area contributed by atoms with Gasteiger partial charge >= 0.3 is 5.97 Å². The Bertz CT molecular complexity index is 1530. The number of carbonyl (C=O) groups is 2. The Balaban J connectivity index is 1.17. The van der Waals surface area contributed by atoms with E-state index in [1.807, 2.05) is 61.0 Å². The Hall–Kier alpha value is -4.88. The SMILES string of the molecule is C[C@@H](NC(=O)c1cccc(NCc2nnc(-c3ccncn3)n2C)c1)c1cccc(OCCCCCOCCCOCC(=O)O)c1. The van der Waals surface area contributed by atoms with E-state index in [2.05, 4.69) is 30.8 Å². The molecule has 0 aliphatic heterocycles. The minimum atomic E-state index is -0.964. The molecule has 0 unspecified atom stereocenters. The van der Waals surface area contributed by atoms with Gasteiger partial charge in [0.1, 0.15) is 24.4 Å². The first-order chi connectivity index (χ1) is 22.4. The summed E-state index contributed by atoms with van der Waals surface area (Å²) in [4.78, 5) is 31.7. The van der Waals surface area contributed by atoms with Crippen LogP contribution in [0.4, 0.5) is 5.69 Å². The van der Waals surface area contributed by atoms with Crippen molar-refractivity contribution in [2.75, 3.05) is 38.4 Å². The Morgan fingerprint density at radius 3 is 2.57 bits per heavy atom. The number of anilines is 1. The lowest BCUT2D eigenvalue weighted by Gasteiger charge is -2.16. The van der Waals surface area contributed by atoms with Gasteiger partial charge in [-0.3, -0.25) is 4.79 Å². The first kappa shape index (κ1) is 34.0. The van der Waals surface area contributed by atoms with Gasteiger partial charge in [-0.05, 0) is 74.6 Å². The van der Waals surface area contributed by atoms with Crippen molar-refractivity contribution in [2.45, 2.75) is 45.2 Å². The lowest BCUT2D eigenvalue weighted by atomic mass is 10.1. The first-order valence-corrected chi connectivity index (χ1v) is 15.3. The highest BCUT2D eigenvalue weighted by atomic mass is 16.5. The van der Waals surface area contributed by atoms with Gasteiger partial charge in [-0.2, -0.15) is 0 Å². The van der Waals surface area contributed by atoms with Gasteiger partial charge in [0, 0.05) is 44.3 Å². The molecule has 0 fully saturated rings. The maximum Gasteiger partial charge on any atom is 0.329 e. The molecule has 0 spiro atoms. The molecule has 13 heteroatoms. The van der Waals surface area contributed by atoms with Crippen LogP contribution in [0.3, 0.4) is 0 Å². The van der Waals surface area contributed by atoms with Gasteiger partial charge < -0.3 is 34.5 Å². The molecule has 0 saturated heterocycles. The Morgan fingerprint density at radius 1 is 0.935 bits per heavy atom. The van der Waals surface area contributed by atoms with Crippen LogP contribution in [0, 0.1) is 0 Å². The van der Waals surface area contributed by atoms with Crippen molar-refractivity contribution in [2.24, 2.45) is 7.05 Å². The summed E-state index contributed by atoms with van der Waals surface area (Å²) in [5, 5.41) is 23.5. The number of amides is 1. The second kappa shape index (κ2) is 18.2. The number of hydrogen-bond acceptors (Lipinski definition) is 10. The fourth-order valence-electron chi connectivity index (χ4n) is 4.55. The molecule has 0 saturated carbocycles. The van der Waals surface area contributed by atoms with Crippen molar-refractivity contribution in [1.29, 1.82) is 0 Å². The number of hydrogen-bond donors (Lipinski definition) is 3. The number of unbranched alkanes of at least 4 members (excludes halogenated alkanes) is 2. The third-order valence-electron chi connectivity index (χ3n) is 7.06. The number of aliphatic carboxylic acids is 1. The molecule has 4 rings (SSSR count). The van der Waals surface area contributed by atoms with Crippen LogP contribution < -0.4 is 15.4 Å². The molecule has 1 atom stereocenters. The Kier molecular flexibility index (Phi) is 13.4. The topological polar surface area (TPSA) is 163 Å². The second-order valence-electron chi connectivity index (χ2n) is 10.6. The lowest BCUT2D eigenvalue weighted by Crippen LogP contribution is -2.26. The van der Waals surface area contributed by atoms with Crippen LogP contribution in [-0.2, 0) is 27.9 Å². The monoisotopic (exact) mass is 631 g/mol. The van der Waals surface area contributed by atoms with Gasteiger partial charge in [-0.15, -0.1) is 10.2 Å². The predicted molar refractivity (Wildman–Crippen MR) is 171 cm³/mol. The van der Waals surface area contributed by atoms with E-state index >= 15 is 0 Å². The molecule has 1 amide bonds. The molecule has 4 aromatic rings. The van der Waals surface area contributed by atoms with E-state index < -0.39 is 5.97 Å². The third-order valence-corrected chi connectivity index (χ3v) is 7.06. The van der Waals surface area contributed by atoms with E-state index in [0.717, 1.165) is 42.1 Å². The fraction of sp³-hybridized carbons (Fsp3) is 0.394. The zero-order chi connectivity index (χ0) is 32.6. The lowest BCUT2D eigenvalue weighted by molar-refractivity contribution is -0.142. The normalized spacial score (nSPS) is 11.6. The summed E-state index contributed by atoms with van der Waals surface area (Å²) >= 11 is 0. The van der Waals surface area contributed by atoms with Crippen LogP contribution in [0.2, 0.25) is 0 Å². The van der Waals surface area contributed by atoms with Gasteiger partial charge in [0.05, 0.1) is 19.2 Å². The number of benzene rings is 2. The highest BCUT2D eigenvalue weighted by Gasteiger charge is 2.14. The summed E-state index contributed by atoms with van der Waals surface area (Å²) in [6.45, 7) is 4.26. The largest absolute Gasteiger partial charge is 0.494 e. The minimum absolute atomic E-state index is 0.179. The van der Waals surface area contributed by atoms with Crippen molar-refractivity contribution >= 4 is 17.6 Å². The standard InChI is InChI=1S/C33H41N7O6/c1-24(25-9-7-12-28(20-25)46-18-5-3-4-15-44-16-8-17-45-22-31(41)42)37-33(43)26-10-6-11-27(19-26)35-21-30-38-39-32(40(30)2)29-13-14-34-23-36-29/h6-7,9-14,19-20,23-24,35H,3-5,8,15-18,21-22H2,1-2H3,(H,37,43)(H,41,42)/t24-/m1/s1. The smallest absolute Gasteiger partial charge is 0.329 e. The number of aromatic nitrogens is 5. The molecular weight excluding hydrogens is 590 g/mol. The summed E-state index contributed by atoms with van der Waals surface area (Å²) in [6, 6.07) is 16.7. The molecule has 2 aromatic heterocycles. The van der Waals surface area contributed by atoms with Crippen LogP contribution in [0.1, 0.15) is 60.4 Å². The zero-order valence-electron chi connectivity index (χ0n) is 26.2. The number of carbonyl (C=O) groups excluding carboxylic acids is 1. The van der Waals surface area contributed by atoms with E-state index in [-0.39, 0.29) is 18.6 Å². The minimum Gasteiger partial charge on any atom is -0.494 e. The summed E-state index contributed by atoms with van der Waals surface area (Å²) < 4.78 is 18.3. The highest BCUT2D eigenvalue weighted by molar-refractivity contribution is 5.95. The number of ether oxygens (including phenoxy) is 3. The number of nitrogens with one attached hydrogen (secondary N) is 2. The summed E-state index contributed by atoms with van der Waals surface area (Å²) in [6.07, 6.45) is 6.60. The number of rotatable bonds is 20. The van der Waals surface area contributed by atoms with Crippen LogP contribution in [0.15, 0.2) is 67.1 Å². The molecule has 13 nitrogen and oxygen atoms in total. The van der Waals surface area contributed by atoms with Gasteiger partial charge in [0.25, 0.3) is 5.91 Å². The number of carboxylic acid groups (broad SMARTS) is 1. The van der Waals surface area contributed by atoms with E-state index in [0.29, 0.717) is 56.5 Å². The fourth-order valence-corrected chi connectivity index (χ4v) is 4.55. The summed E-state index contributed by atoms with van der Waals surface area (Å²) in [7, 11) is 1.88. The Morgan fingerprint density at radius 2 is 1.74 bits per heavy atom. The van der Waals surface area contributed by atoms with Crippen molar-refractivity contribution < 1.29 is 28.9 Å². The van der Waals surface area contributed by atoms with Crippen LogP contribution in [0.25, 0.3) is 11.5 Å². The molecule has 0 aliphatic rings. The van der Waals surface area contributed by atoms with Gasteiger partial charge in [-0.25, -0.2) is 14.8 Å². The number of nitrogens with zero attached hydrogens (tertiary/aromatic N) is 5. The van der Waals surface area contributed by atoms with Crippen LogP contribution in [-0.4, -0.2) is 74.7 Å². The molecule has 2 aromatic carbocycles. The molecule has 244 valence electrons. The molecule has 0 radical (unpaired) electrons. The van der Waals surface area contributed by atoms with Crippen LogP contribution >= 0.6 is 0 Å². The van der Waals surface area contributed by atoms with Gasteiger partial charge in [-0.1, -0.05) is 18.2 Å². The Labute approximate surface area is 268 Å². The van der Waals surface area contributed by atoms with Crippen molar-refractivity contribution in [1.82, 2.24) is 30.0 Å². The van der Waals surface area contributed by atoms with E-state index in [4.69, 9.17) is 19.3 Å². The quantitative estimate of drug-likeness (QED) is 0.118. The maximum atomic E-state index is 13.1. The third kappa shape index (κ3) is 10.9. The number of carboxylic acids is 1. The summed E-state index contributed by atoms with van der Waals surface area (Å²) in [5.41, 5.74) is 2.97. The highest BCUT2D eigenvalue weighted by Crippen LogP contribution is 2.21. The average molecular weight is 632 g/mol. The molecule has 0 bridgehead atoms. The predicted octanol–water partition coefficient (Wildman–Crippen LogP) is 4.43. The van der Waals surface area contributed by atoms with Crippen molar-refractivity contribution in [3.63, 3.8) is 0 Å². The zero-order valence-corrected chi connectivity index (χ0v) is 26.2. The van der Waals surface area contributed by atoms with E-state index in [1.54, 1.807) is 18.3 Å². The molecular formula is C33H41N7O6. The average Bonchev–Trinajstić information content (AvgIpc) is 3.44. The second-order valence-corrected chi connectivity index (χ2v) is 10.6. The maximum absolute atomic E-state index is 13.1. The van der Waals surface area contributed by atoms with Crippen molar-refractivity contribution in [3.8, 4) is 17.3 Å². The molecule has 0 aliphatic carbocycles. The van der Waals surface area contributed by atoms with E-state index in [9.17, 15) is 9.59 Å². The van der Waals surface area contributed by atoms with Crippen molar-refractivity contribution in [3.05, 3.63) is 84.1 Å². The van der Waals surface area contributed by atoms with Gasteiger partial charge in [0.2, 0.25) is 0 Å². The van der Waals surface area contributed by atoms with E-state index in [1.165, 1.54) is 6.33 Å². The van der Waals surface area contributed by atoms with Crippen LogP contribution in [0.5, 0.6) is 5.75 Å².